The zero-order valence-corrected chi connectivity index (χ0v) is 17.5. The van der Waals surface area contributed by atoms with Crippen molar-refractivity contribution in [3.63, 3.8) is 0 Å². The summed E-state index contributed by atoms with van der Waals surface area (Å²) >= 11 is 0. The fourth-order valence-electron chi connectivity index (χ4n) is 3.74. The molecule has 1 aromatic carbocycles. The molecule has 3 aromatic rings. The van der Waals surface area contributed by atoms with E-state index in [9.17, 15) is 9.18 Å². The molecule has 1 aliphatic heterocycles. The largest absolute Gasteiger partial charge is 0.487 e. The van der Waals surface area contributed by atoms with Gasteiger partial charge in [-0.3, -0.25) is 19.8 Å². The second kappa shape index (κ2) is 9.70. The highest BCUT2D eigenvalue weighted by molar-refractivity contribution is 5.78. The van der Waals surface area contributed by atoms with Gasteiger partial charge in [-0.25, -0.2) is 4.39 Å². The number of ether oxygens (including phenoxy) is 1. The van der Waals surface area contributed by atoms with Gasteiger partial charge in [-0.2, -0.15) is 5.10 Å². The number of pyridine rings is 1. The van der Waals surface area contributed by atoms with Crippen LogP contribution in [0.25, 0.3) is 0 Å². The Labute approximate surface area is 180 Å². The highest BCUT2D eigenvalue weighted by Gasteiger charge is 2.29. The molecule has 0 radical (unpaired) electrons. The van der Waals surface area contributed by atoms with Crippen LogP contribution in [0.3, 0.4) is 0 Å². The molecule has 4 rings (SSSR count). The minimum absolute atomic E-state index is 0.122. The Kier molecular flexibility index (Phi) is 6.57. The van der Waals surface area contributed by atoms with Gasteiger partial charge in [-0.15, -0.1) is 0 Å². The number of carbonyl (C=O) groups is 1. The van der Waals surface area contributed by atoms with E-state index in [1.807, 2.05) is 41.1 Å². The van der Waals surface area contributed by atoms with Crippen molar-refractivity contribution in [1.29, 1.82) is 0 Å². The molecule has 0 aliphatic carbocycles. The minimum Gasteiger partial charge on any atom is -0.487 e. The molecule has 1 saturated heterocycles. The lowest BCUT2D eigenvalue weighted by molar-refractivity contribution is -0.131. The Morgan fingerprint density at radius 3 is 2.90 bits per heavy atom. The molecule has 1 atom stereocenters. The maximum Gasteiger partial charge on any atom is 0.236 e. The fourth-order valence-corrected chi connectivity index (χ4v) is 3.74. The van der Waals surface area contributed by atoms with Gasteiger partial charge in [0.2, 0.25) is 5.91 Å². The normalized spacial score (nSPS) is 16.1. The maximum atomic E-state index is 13.0. The van der Waals surface area contributed by atoms with E-state index in [0.717, 1.165) is 30.0 Å². The number of aromatic amines is 1. The maximum absolute atomic E-state index is 13.0. The van der Waals surface area contributed by atoms with Crippen molar-refractivity contribution < 1.29 is 13.9 Å². The van der Waals surface area contributed by atoms with Gasteiger partial charge in [0.25, 0.3) is 0 Å². The van der Waals surface area contributed by atoms with Gasteiger partial charge in [0, 0.05) is 31.7 Å². The number of amides is 1. The number of hydrogen-bond acceptors (Lipinski definition) is 5. The molecule has 1 amide bonds. The lowest BCUT2D eigenvalue weighted by Gasteiger charge is -2.21. The van der Waals surface area contributed by atoms with Gasteiger partial charge in [0.15, 0.2) is 0 Å². The lowest BCUT2D eigenvalue weighted by atomic mass is 10.1. The number of benzene rings is 1. The van der Waals surface area contributed by atoms with E-state index < -0.39 is 0 Å². The highest BCUT2D eigenvalue weighted by atomic mass is 19.1. The third kappa shape index (κ3) is 5.67. The summed E-state index contributed by atoms with van der Waals surface area (Å²) in [5.41, 5.74) is 2.73. The Morgan fingerprint density at radius 1 is 1.29 bits per heavy atom. The Morgan fingerprint density at radius 2 is 2.13 bits per heavy atom. The number of likely N-dealkylation sites (tertiary alicyclic amines) is 1. The zero-order chi connectivity index (χ0) is 21.6. The molecule has 3 heterocycles. The van der Waals surface area contributed by atoms with E-state index in [2.05, 4.69) is 15.2 Å². The highest BCUT2D eigenvalue weighted by Crippen LogP contribution is 2.26. The van der Waals surface area contributed by atoms with Crippen molar-refractivity contribution in [2.45, 2.75) is 25.5 Å². The molecule has 1 N–H and O–H groups in total. The molecule has 0 bridgehead atoms. The van der Waals surface area contributed by atoms with Crippen LogP contribution in [0, 0.1) is 5.82 Å². The van der Waals surface area contributed by atoms with Gasteiger partial charge in [-0.05, 0) is 55.9 Å². The van der Waals surface area contributed by atoms with Gasteiger partial charge >= 0.3 is 0 Å². The van der Waals surface area contributed by atoms with Crippen LogP contribution in [0.1, 0.15) is 29.4 Å². The van der Waals surface area contributed by atoms with Crippen molar-refractivity contribution in [1.82, 2.24) is 25.0 Å². The van der Waals surface area contributed by atoms with E-state index in [-0.39, 0.29) is 17.6 Å². The summed E-state index contributed by atoms with van der Waals surface area (Å²) in [7, 11) is 1.93. The second-order valence-electron chi connectivity index (χ2n) is 7.88. The molecular weight excluding hydrogens is 397 g/mol. The van der Waals surface area contributed by atoms with E-state index in [1.165, 1.54) is 12.1 Å². The predicted octanol–water partition coefficient (Wildman–Crippen LogP) is 2.97. The molecule has 1 fully saturated rings. The van der Waals surface area contributed by atoms with Gasteiger partial charge < -0.3 is 9.64 Å². The first-order valence-corrected chi connectivity index (χ1v) is 10.4. The number of nitrogens with zero attached hydrogens (tertiary/aromatic N) is 4. The minimum atomic E-state index is -0.292. The molecule has 0 spiro atoms. The number of carbonyl (C=O) groups excluding carboxylic acids is 1. The Balaban J connectivity index is 1.25. The first-order valence-electron chi connectivity index (χ1n) is 10.4. The molecule has 8 heteroatoms. The second-order valence-corrected chi connectivity index (χ2v) is 7.88. The third-order valence-electron chi connectivity index (χ3n) is 5.38. The first-order chi connectivity index (χ1) is 15.1. The molecule has 1 aliphatic rings. The standard InChI is InChI=1S/C23H26FN5O2/c1-28(14-19-4-2-3-10-25-19)15-23(30)29-11-9-17(13-29)22-12-20(26-27-22)16-31-21-7-5-18(24)6-8-21/h2-8,10,12,17H,9,11,13-16H2,1H3,(H,26,27)/t17-/m0/s1. The van der Waals surface area contributed by atoms with Crippen molar-refractivity contribution >= 4 is 5.91 Å². The summed E-state index contributed by atoms with van der Waals surface area (Å²) < 4.78 is 18.6. The van der Waals surface area contributed by atoms with Crippen molar-refractivity contribution in [2.24, 2.45) is 0 Å². The molecule has 31 heavy (non-hydrogen) atoms. The number of nitrogens with one attached hydrogen (secondary N) is 1. The van der Waals surface area contributed by atoms with E-state index in [0.29, 0.717) is 32.0 Å². The van der Waals surface area contributed by atoms with Crippen LogP contribution in [0.15, 0.2) is 54.7 Å². The quantitative estimate of drug-likeness (QED) is 0.603. The molecular formula is C23H26FN5O2. The summed E-state index contributed by atoms with van der Waals surface area (Å²) in [6.45, 7) is 2.72. The van der Waals surface area contributed by atoms with Crippen molar-refractivity contribution in [3.8, 4) is 5.75 Å². The molecule has 162 valence electrons. The molecule has 0 saturated carbocycles. The number of rotatable bonds is 8. The topological polar surface area (TPSA) is 74.3 Å². The van der Waals surface area contributed by atoms with Crippen molar-refractivity contribution in [3.05, 3.63) is 77.6 Å². The van der Waals surface area contributed by atoms with Crippen LogP contribution in [0.4, 0.5) is 4.39 Å². The summed E-state index contributed by atoms with van der Waals surface area (Å²) in [5, 5.41) is 7.41. The smallest absolute Gasteiger partial charge is 0.236 e. The zero-order valence-electron chi connectivity index (χ0n) is 17.5. The van der Waals surface area contributed by atoms with Gasteiger partial charge in [0.1, 0.15) is 18.2 Å². The van der Waals surface area contributed by atoms with Crippen LogP contribution in [-0.2, 0) is 17.9 Å². The average molecular weight is 423 g/mol. The Bertz CT molecular complexity index is 993. The first kappa shape index (κ1) is 21.0. The summed E-state index contributed by atoms with van der Waals surface area (Å²) in [5.74, 6) is 0.640. The fraction of sp³-hybridized carbons (Fsp3) is 0.348. The van der Waals surface area contributed by atoms with E-state index in [4.69, 9.17) is 4.74 Å². The average Bonchev–Trinajstić information content (AvgIpc) is 3.44. The summed E-state index contributed by atoms with van der Waals surface area (Å²) in [6, 6.07) is 13.7. The number of aromatic nitrogens is 3. The van der Waals surface area contributed by atoms with Crippen molar-refractivity contribution in [2.75, 3.05) is 26.7 Å². The third-order valence-corrected chi connectivity index (χ3v) is 5.38. The van der Waals surface area contributed by atoms with Gasteiger partial charge in [-0.1, -0.05) is 6.07 Å². The van der Waals surface area contributed by atoms with Crippen LogP contribution in [0.5, 0.6) is 5.75 Å². The SMILES string of the molecule is CN(CC(=O)N1CC[C@H](c2cc(COc3ccc(F)cc3)[nH]n2)C1)Cc1ccccn1. The number of likely N-dealkylation sites (N-methyl/N-ethyl adjacent to an activating group) is 1. The monoisotopic (exact) mass is 423 g/mol. The number of hydrogen-bond donors (Lipinski definition) is 1. The van der Waals surface area contributed by atoms with Crippen LogP contribution in [0.2, 0.25) is 0 Å². The van der Waals surface area contributed by atoms with Crippen LogP contribution < -0.4 is 4.74 Å². The molecule has 2 aromatic heterocycles. The molecule has 7 nitrogen and oxygen atoms in total. The van der Waals surface area contributed by atoms with E-state index in [1.54, 1.807) is 18.3 Å². The summed E-state index contributed by atoms with van der Waals surface area (Å²) in [6.07, 6.45) is 2.65. The molecule has 0 unspecified atom stereocenters. The number of halogens is 1. The van der Waals surface area contributed by atoms with Gasteiger partial charge in [0.05, 0.1) is 23.6 Å². The van der Waals surface area contributed by atoms with Crippen LogP contribution in [-0.4, -0.2) is 57.6 Å². The lowest BCUT2D eigenvalue weighted by Crippen LogP contribution is -2.37. The summed E-state index contributed by atoms with van der Waals surface area (Å²) in [4.78, 5) is 20.9. The van der Waals surface area contributed by atoms with E-state index >= 15 is 0 Å². The number of H-pyrrole nitrogens is 1. The Hall–Kier alpha value is -3.26. The van der Waals surface area contributed by atoms with Crippen LogP contribution >= 0.6 is 0 Å². The predicted molar refractivity (Wildman–Crippen MR) is 114 cm³/mol.